The molecule has 2 aromatic rings. The minimum Gasteiger partial charge on any atom is -0.325 e. The molecule has 0 radical (unpaired) electrons. The highest BCUT2D eigenvalue weighted by Gasteiger charge is 2.05. The molecule has 0 aliphatic rings. The summed E-state index contributed by atoms with van der Waals surface area (Å²) in [6.07, 6.45) is 0. The summed E-state index contributed by atoms with van der Waals surface area (Å²) in [5.41, 5.74) is 1.62. The van der Waals surface area contributed by atoms with E-state index < -0.39 is 0 Å². The average Bonchev–Trinajstić information content (AvgIpc) is 2.51. The first-order chi connectivity index (χ1) is 10.5. The molecule has 0 saturated carbocycles. The van der Waals surface area contributed by atoms with Crippen LogP contribution < -0.4 is 5.32 Å². The molecule has 0 aromatic heterocycles. The molecule has 0 aliphatic heterocycles. The van der Waals surface area contributed by atoms with Crippen LogP contribution in [0.1, 0.15) is 0 Å². The van der Waals surface area contributed by atoms with Crippen LogP contribution in [0.4, 0.5) is 17.1 Å². The Bertz CT molecular complexity index is 717. The summed E-state index contributed by atoms with van der Waals surface area (Å²) in [5.74, 6) is -0.379. The van der Waals surface area contributed by atoms with Crippen LogP contribution in [-0.4, -0.2) is 11.8 Å². The molecule has 2 rings (SSSR count). The van der Waals surface area contributed by atoms with E-state index in [0.717, 1.165) is 0 Å². The highest BCUT2D eigenvalue weighted by atomic mass is 35.5. The quantitative estimate of drug-likeness (QED) is 0.383. The fourth-order valence-corrected chi connectivity index (χ4v) is 2.15. The maximum atomic E-state index is 11.2. The number of hydrogen-bond donors (Lipinski definition) is 1. The molecule has 114 valence electrons. The summed E-state index contributed by atoms with van der Waals surface area (Å²) >= 11 is 23.2. The van der Waals surface area contributed by atoms with Crippen molar-refractivity contribution >= 4 is 69.4 Å². The van der Waals surface area contributed by atoms with Gasteiger partial charge in [0.05, 0.1) is 20.8 Å². The number of carbonyl (C=O) groups is 1. The fourth-order valence-electron chi connectivity index (χ4n) is 1.51. The van der Waals surface area contributed by atoms with Crippen LogP contribution in [0.25, 0.3) is 0 Å². The molecule has 4 nitrogen and oxygen atoms in total. The largest absolute Gasteiger partial charge is 0.325 e. The lowest BCUT2D eigenvalue weighted by Crippen LogP contribution is -2.12. The Morgan fingerprint density at radius 1 is 0.955 bits per heavy atom. The molecule has 1 N–H and O–H groups in total. The third-order valence-corrected chi connectivity index (χ3v) is 3.80. The first-order valence-corrected chi connectivity index (χ1v) is 7.68. The van der Waals surface area contributed by atoms with Crippen LogP contribution in [0.3, 0.4) is 0 Å². The molecule has 0 fully saturated rings. The second-order valence-corrected chi connectivity index (χ2v) is 5.64. The lowest BCUT2D eigenvalue weighted by atomic mass is 10.3. The summed E-state index contributed by atoms with van der Waals surface area (Å²) in [5, 5.41) is 11.7. The monoisotopic (exact) mass is 375 g/mol. The van der Waals surface area contributed by atoms with Crippen molar-refractivity contribution < 1.29 is 4.79 Å². The molecule has 0 spiro atoms. The number of anilines is 1. The van der Waals surface area contributed by atoms with Crippen LogP contribution in [0.2, 0.25) is 15.1 Å². The van der Waals surface area contributed by atoms with Crippen molar-refractivity contribution in [1.29, 1.82) is 0 Å². The molecular formula is C14H9Cl4N3O. The number of azo groups is 1. The zero-order valence-electron chi connectivity index (χ0n) is 11.0. The van der Waals surface area contributed by atoms with E-state index in [-0.39, 0.29) is 11.8 Å². The van der Waals surface area contributed by atoms with Crippen LogP contribution in [0.5, 0.6) is 0 Å². The maximum absolute atomic E-state index is 11.2. The van der Waals surface area contributed by atoms with Crippen LogP contribution >= 0.6 is 46.4 Å². The molecule has 22 heavy (non-hydrogen) atoms. The number of nitrogens with one attached hydrogen (secondary N) is 1. The van der Waals surface area contributed by atoms with Gasteiger partial charge >= 0.3 is 0 Å². The summed E-state index contributed by atoms with van der Waals surface area (Å²) in [7, 11) is 0. The van der Waals surface area contributed by atoms with Gasteiger partial charge in [0, 0.05) is 5.69 Å². The Labute approximate surface area is 147 Å². The molecule has 0 bridgehead atoms. The number of halogens is 4. The molecule has 0 unspecified atom stereocenters. The van der Waals surface area contributed by atoms with Crippen molar-refractivity contribution in [2.45, 2.75) is 0 Å². The molecule has 0 saturated heterocycles. The van der Waals surface area contributed by atoms with Gasteiger partial charge in [0.15, 0.2) is 0 Å². The van der Waals surface area contributed by atoms with E-state index in [1.807, 2.05) is 0 Å². The Morgan fingerprint density at radius 2 is 1.59 bits per heavy atom. The van der Waals surface area contributed by atoms with Gasteiger partial charge in [-0.3, -0.25) is 4.79 Å². The summed E-state index contributed by atoms with van der Waals surface area (Å²) in [6.45, 7) is 0. The first kappa shape index (κ1) is 17.0. The van der Waals surface area contributed by atoms with Gasteiger partial charge in [0.1, 0.15) is 11.6 Å². The molecule has 1 amide bonds. The van der Waals surface area contributed by atoms with Gasteiger partial charge in [-0.2, -0.15) is 5.11 Å². The van der Waals surface area contributed by atoms with Gasteiger partial charge in [-0.1, -0.05) is 34.8 Å². The smallest absolute Gasteiger partial charge is 0.239 e. The lowest BCUT2D eigenvalue weighted by molar-refractivity contribution is -0.113. The van der Waals surface area contributed by atoms with Gasteiger partial charge in [-0.15, -0.1) is 16.7 Å². The molecule has 0 atom stereocenters. The Morgan fingerprint density at radius 3 is 2.23 bits per heavy atom. The zero-order valence-corrected chi connectivity index (χ0v) is 14.0. The summed E-state index contributed by atoms with van der Waals surface area (Å²) in [4.78, 5) is 11.2. The van der Waals surface area contributed by atoms with Gasteiger partial charge in [0.25, 0.3) is 0 Å². The predicted octanol–water partition coefficient (Wildman–Crippen LogP) is 6.24. The van der Waals surface area contributed by atoms with E-state index in [2.05, 4.69) is 15.5 Å². The van der Waals surface area contributed by atoms with Crippen molar-refractivity contribution in [3.63, 3.8) is 0 Å². The normalized spacial score (nSPS) is 10.9. The second-order valence-electron chi connectivity index (χ2n) is 4.15. The van der Waals surface area contributed by atoms with E-state index in [1.54, 1.807) is 24.3 Å². The highest BCUT2D eigenvalue weighted by molar-refractivity contribution is 6.43. The topological polar surface area (TPSA) is 53.8 Å². The first-order valence-electron chi connectivity index (χ1n) is 6.02. The number of benzene rings is 2. The standard InChI is InChI=1S/C14H9Cl4N3O/c15-7-14(22)19-8-1-3-9(4-2-8)20-21-13-6-11(17)10(16)5-12(13)18/h1-6H,7H2,(H,19,22). The van der Waals surface area contributed by atoms with E-state index >= 15 is 0 Å². The van der Waals surface area contributed by atoms with Crippen molar-refractivity contribution in [1.82, 2.24) is 0 Å². The Balaban J connectivity index is 2.13. The van der Waals surface area contributed by atoms with E-state index in [9.17, 15) is 4.79 Å². The molecular weight excluding hydrogens is 368 g/mol. The summed E-state index contributed by atoms with van der Waals surface area (Å²) < 4.78 is 0. The highest BCUT2D eigenvalue weighted by Crippen LogP contribution is 2.34. The minimum atomic E-state index is -0.279. The van der Waals surface area contributed by atoms with Crippen molar-refractivity contribution in [2.24, 2.45) is 10.2 Å². The number of alkyl halides is 1. The molecule has 8 heteroatoms. The predicted molar refractivity (Wildman–Crippen MR) is 91.4 cm³/mol. The maximum Gasteiger partial charge on any atom is 0.239 e. The van der Waals surface area contributed by atoms with Crippen molar-refractivity contribution in [3.8, 4) is 0 Å². The third kappa shape index (κ3) is 4.58. The molecule has 2 aromatic carbocycles. The molecule has 0 heterocycles. The number of carbonyl (C=O) groups excluding carboxylic acids is 1. The number of hydrogen-bond acceptors (Lipinski definition) is 3. The van der Waals surface area contributed by atoms with E-state index in [1.165, 1.54) is 12.1 Å². The Hall–Kier alpha value is -1.33. The van der Waals surface area contributed by atoms with Crippen LogP contribution in [-0.2, 0) is 4.79 Å². The SMILES string of the molecule is O=C(CCl)Nc1ccc(N=Nc2cc(Cl)c(Cl)cc2Cl)cc1. The van der Waals surface area contributed by atoms with Crippen LogP contribution in [0, 0.1) is 0 Å². The van der Waals surface area contributed by atoms with E-state index in [4.69, 9.17) is 46.4 Å². The second kappa shape index (κ2) is 7.79. The van der Waals surface area contributed by atoms with Crippen molar-refractivity contribution in [3.05, 3.63) is 51.5 Å². The Kier molecular flexibility index (Phi) is 6.03. The lowest BCUT2D eigenvalue weighted by Gasteiger charge is -2.03. The average molecular weight is 377 g/mol. The number of nitrogens with zero attached hydrogens (tertiary/aromatic N) is 2. The third-order valence-electron chi connectivity index (χ3n) is 2.54. The van der Waals surface area contributed by atoms with Crippen molar-refractivity contribution in [2.75, 3.05) is 11.2 Å². The fraction of sp³-hybridized carbons (Fsp3) is 0.0714. The number of rotatable bonds is 4. The zero-order chi connectivity index (χ0) is 16.1. The van der Waals surface area contributed by atoms with Gasteiger partial charge in [-0.25, -0.2) is 0 Å². The number of amides is 1. The van der Waals surface area contributed by atoms with Gasteiger partial charge in [-0.05, 0) is 36.4 Å². The van der Waals surface area contributed by atoms with Crippen LogP contribution in [0.15, 0.2) is 46.6 Å². The minimum absolute atomic E-state index is 0.0999. The molecule has 0 aliphatic carbocycles. The van der Waals surface area contributed by atoms with E-state index in [0.29, 0.717) is 32.1 Å². The summed E-state index contributed by atoms with van der Waals surface area (Å²) in [6, 6.07) is 9.80. The van der Waals surface area contributed by atoms with Gasteiger partial charge in [0.2, 0.25) is 5.91 Å². The van der Waals surface area contributed by atoms with Gasteiger partial charge < -0.3 is 5.32 Å².